The van der Waals surface area contributed by atoms with Gasteiger partial charge in [0.2, 0.25) is 0 Å². The molecule has 12 heavy (non-hydrogen) atoms. The van der Waals surface area contributed by atoms with Crippen molar-refractivity contribution in [3.05, 3.63) is 0 Å². The number of hydrogen-bond donors (Lipinski definition) is 3. The quantitative estimate of drug-likeness (QED) is 0.365. The first kappa shape index (κ1) is 9.21. The van der Waals surface area contributed by atoms with Crippen LogP contribution in [0.3, 0.4) is 0 Å². The van der Waals surface area contributed by atoms with Gasteiger partial charge in [-0.25, -0.2) is 0 Å². The van der Waals surface area contributed by atoms with Crippen molar-refractivity contribution in [2.24, 2.45) is 5.73 Å². The molecule has 0 spiro atoms. The van der Waals surface area contributed by atoms with Crippen LogP contribution >= 0.6 is 12.2 Å². The van der Waals surface area contributed by atoms with Crippen LogP contribution in [0.1, 0.15) is 12.8 Å². The summed E-state index contributed by atoms with van der Waals surface area (Å²) in [5.74, 6) is -0.222. The Bertz CT molecular complexity index is 191. The molecule has 1 atom stereocenters. The Balaban J connectivity index is 2.23. The minimum atomic E-state index is -0.355. The lowest BCUT2D eigenvalue weighted by atomic mass is 10.2. The average Bonchev–Trinajstić information content (AvgIpc) is 2.51. The molecule has 0 aromatic heterocycles. The second-order valence-electron chi connectivity index (χ2n) is 2.48. The van der Waals surface area contributed by atoms with Crippen molar-refractivity contribution < 1.29 is 9.53 Å². The Hall–Kier alpha value is -0.880. The molecule has 6 heteroatoms. The molecule has 0 aliphatic carbocycles. The summed E-state index contributed by atoms with van der Waals surface area (Å²) in [6.45, 7) is 0.644. The molecule has 0 aromatic rings. The van der Waals surface area contributed by atoms with E-state index in [4.69, 9.17) is 10.5 Å². The molecule has 4 N–H and O–H groups in total. The van der Waals surface area contributed by atoms with Crippen LogP contribution in [0.5, 0.6) is 0 Å². The van der Waals surface area contributed by atoms with Crippen LogP contribution in [0, 0.1) is 0 Å². The molecule has 1 heterocycles. The first-order valence-corrected chi connectivity index (χ1v) is 4.08. The second-order valence-corrected chi connectivity index (χ2v) is 2.92. The molecular formula is C6H11N3O2S. The van der Waals surface area contributed by atoms with Gasteiger partial charge in [0.25, 0.3) is 5.91 Å². The van der Waals surface area contributed by atoms with Crippen molar-refractivity contribution in [3.8, 4) is 0 Å². The number of thiocarbonyl (C=S) groups is 1. The lowest BCUT2D eigenvalue weighted by molar-refractivity contribution is -0.130. The number of nitrogens with one attached hydrogen (secondary N) is 2. The maximum absolute atomic E-state index is 11.1. The summed E-state index contributed by atoms with van der Waals surface area (Å²) in [7, 11) is 0. The number of rotatable bonds is 1. The molecule has 68 valence electrons. The molecule has 0 saturated carbocycles. The van der Waals surface area contributed by atoms with Crippen molar-refractivity contribution in [2.75, 3.05) is 6.61 Å². The molecule has 0 aromatic carbocycles. The molecule has 1 fully saturated rings. The Morgan fingerprint density at radius 2 is 2.33 bits per heavy atom. The second kappa shape index (κ2) is 4.22. The number of nitrogens with two attached hydrogens (primary N) is 1. The van der Waals surface area contributed by atoms with E-state index in [1.807, 2.05) is 0 Å². The normalized spacial score (nSPS) is 21.8. The molecule has 1 rings (SSSR count). The largest absolute Gasteiger partial charge is 0.375 e. The van der Waals surface area contributed by atoms with E-state index < -0.39 is 0 Å². The highest BCUT2D eigenvalue weighted by Crippen LogP contribution is 2.10. The summed E-state index contributed by atoms with van der Waals surface area (Å²) in [6.07, 6.45) is 1.32. The van der Waals surface area contributed by atoms with Gasteiger partial charge in [-0.05, 0) is 25.1 Å². The number of ether oxygens (including phenoxy) is 1. The zero-order valence-corrected chi connectivity index (χ0v) is 7.32. The summed E-state index contributed by atoms with van der Waals surface area (Å²) in [5, 5.41) is 0.0429. The van der Waals surface area contributed by atoms with Gasteiger partial charge in [0.15, 0.2) is 5.11 Å². The van der Waals surface area contributed by atoms with E-state index in [1.165, 1.54) is 0 Å². The lowest BCUT2D eigenvalue weighted by Crippen LogP contribution is -2.48. The number of amides is 1. The van der Waals surface area contributed by atoms with E-state index in [-0.39, 0.29) is 17.1 Å². The Morgan fingerprint density at radius 1 is 1.58 bits per heavy atom. The van der Waals surface area contributed by atoms with Gasteiger partial charge in [-0.3, -0.25) is 15.6 Å². The van der Waals surface area contributed by atoms with Gasteiger partial charge >= 0.3 is 0 Å². The number of carbonyl (C=O) groups excluding carboxylic acids is 1. The third-order valence-corrected chi connectivity index (χ3v) is 1.63. The van der Waals surface area contributed by atoms with Gasteiger partial charge in [0.1, 0.15) is 6.10 Å². The van der Waals surface area contributed by atoms with Crippen molar-refractivity contribution in [3.63, 3.8) is 0 Å². The minimum Gasteiger partial charge on any atom is -0.375 e. The molecular weight excluding hydrogens is 178 g/mol. The third kappa shape index (κ3) is 2.63. The predicted molar refractivity (Wildman–Crippen MR) is 47.0 cm³/mol. The highest BCUT2D eigenvalue weighted by molar-refractivity contribution is 7.80. The van der Waals surface area contributed by atoms with Crippen LogP contribution < -0.4 is 16.6 Å². The van der Waals surface area contributed by atoms with Gasteiger partial charge in [-0.1, -0.05) is 0 Å². The van der Waals surface area contributed by atoms with Crippen LogP contribution in [0.4, 0.5) is 0 Å². The first-order chi connectivity index (χ1) is 5.70. The van der Waals surface area contributed by atoms with Crippen molar-refractivity contribution in [2.45, 2.75) is 18.9 Å². The zero-order valence-electron chi connectivity index (χ0n) is 6.50. The summed E-state index contributed by atoms with van der Waals surface area (Å²) in [4.78, 5) is 11.1. The van der Waals surface area contributed by atoms with E-state index >= 15 is 0 Å². The molecule has 1 amide bonds. The van der Waals surface area contributed by atoms with Gasteiger partial charge in [0.05, 0.1) is 0 Å². The Morgan fingerprint density at radius 3 is 2.83 bits per heavy atom. The molecule has 1 aliphatic heterocycles. The summed E-state index contributed by atoms with van der Waals surface area (Å²) in [6, 6.07) is 0. The average molecular weight is 189 g/mol. The van der Waals surface area contributed by atoms with E-state index in [0.29, 0.717) is 6.61 Å². The van der Waals surface area contributed by atoms with E-state index in [9.17, 15) is 4.79 Å². The van der Waals surface area contributed by atoms with Crippen LogP contribution in [-0.2, 0) is 9.53 Å². The molecule has 1 saturated heterocycles. The minimum absolute atomic E-state index is 0.0429. The van der Waals surface area contributed by atoms with Crippen molar-refractivity contribution >= 4 is 23.2 Å². The molecule has 1 aliphatic rings. The third-order valence-electron chi connectivity index (χ3n) is 1.53. The topological polar surface area (TPSA) is 76.4 Å². The molecule has 1 unspecified atom stereocenters. The van der Waals surface area contributed by atoms with Gasteiger partial charge < -0.3 is 10.5 Å². The molecule has 5 nitrogen and oxygen atoms in total. The monoisotopic (exact) mass is 189 g/mol. The summed E-state index contributed by atoms with van der Waals surface area (Å²) in [5.41, 5.74) is 9.80. The van der Waals surface area contributed by atoms with Gasteiger partial charge in [-0.2, -0.15) is 0 Å². The first-order valence-electron chi connectivity index (χ1n) is 3.67. The lowest BCUT2D eigenvalue weighted by Gasteiger charge is -2.10. The van der Waals surface area contributed by atoms with Crippen LogP contribution in [0.25, 0.3) is 0 Å². The fourth-order valence-corrected chi connectivity index (χ4v) is 1.04. The van der Waals surface area contributed by atoms with Crippen molar-refractivity contribution in [1.29, 1.82) is 0 Å². The molecule has 0 radical (unpaired) electrons. The zero-order chi connectivity index (χ0) is 8.97. The fourth-order valence-electron chi connectivity index (χ4n) is 0.988. The molecule has 0 bridgehead atoms. The Kier molecular flexibility index (Phi) is 3.24. The predicted octanol–water partition coefficient (Wildman–Crippen LogP) is -0.970. The number of carbonyl (C=O) groups is 1. The van der Waals surface area contributed by atoms with Crippen molar-refractivity contribution in [1.82, 2.24) is 10.9 Å². The maximum atomic E-state index is 11.1. The summed E-state index contributed by atoms with van der Waals surface area (Å²) >= 11 is 4.50. The van der Waals surface area contributed by atoms with Crippen LogP contribution in [0.15, 0.2) is 0 Å². The smallest absolute Gasteiger partial charge is 0.267 e. The summed E-state index contributed by atoms with van der Waals surface area (Å²) < 4.78 is 5.11. The van der Waals surface area contributed by atoms with E-state index in [1.54, 1.807) is 0 Å². The maximum Gasteiger partial charge on any atom is 0.267 e. The van der Waals surface area contributed by atoms with Crippen LogP contribution in [-0.4, -0.2) is 23.7 Å². The number of hydrazine groups is 1. The fraction of sp³-hybridized carbons (Fsp3) is 0.667. The highest BCUT2D eigenvalue weighted by atomic mass is 32.1. The number of hydrogen-bond acceptors (Lipinski definition) is 3. The Labute approximate surface area is 75.6 Å². The van der Waals surface area contributed by atoms with E-state index in [2.05, 4.69) is 23.1 Å². The van der Waals surface area contributed by atoms with Crippen LogP contribution in [0.2, 0.25) is 0 Å². The standard InChI is InChI=1S/C6H11N3O2S/c7-6(12)9-8-5(10)4-2-1-3-11-4/h4H,1-3H2,(H,8,10)(H3,7,9,12). The van der Waals surface area contributed by atoms with E-state index in [0.717, 1.165) is 12.8 Å². The van der Waals surface area contributed by atoms with Gasteiger partial charge in [-0.15, -0.1) is 0 Å². The van der Waals surface area contributed by atoms with Gasteiger partial charge in [0, 0.05) is 6.61 Å². The highest BCUT2D eigenvalue weighted by Gasteiger charge is 2.23. The SMILES string of the molecule is NC(=S)NNC(=O)C1CCCO1.